The molecule has 2 nitrogen and oxygen atoms in total. The van der Waals surface area contributed by atoms with E-state index >= 15 is 0 Å². The van der Waals surface area contributed by atoms with Crippen molar-refractivity contribution in [3.05, 3.63) is 33.6 Å². The fourth-order valence-electron chi connectivity index (χ4n) is 2.42. The zero-order valence-electron chi connectivity index (χ0n) is 11.8. The van der Waals surface area contributed by atoms with Gasteiger partial charge in [-0.3, -0.25) is 0 Å². The van der Waals surface area contributed by atoms with Crippen LogP contribution >= 0.6 is 23.2 Å². The van der Waals surface area contributed by atoms with E-state index < -0.39 is 5.82 Å². The first-order chi connectivity index (χ1) is 9.49. The van der Waals surface area contributed by atoms with Crippen LogP contribution in [0.4, 0.5) is 4.39 Å². The van der Waals surface area contributed by atoms with Gasteiger partial charge in [0.05, 0.1) is 5.02 Å². The molecule has 0 bridgehead atoms. The Bertz CT molecular complexity index is 477. The second-order valence-electron chi connectivity index (χ2n) is 5.60. The number of methoxy groups -OCH3 is 1. The number of hydrogen-bond acceptors (Lipinski definition) is 2. The molecule has 20 heavy (non-hydrogen) atoms. The summed E-state index contributed by atoms with van der Waals surface area (Å²) in [7, 11) is 1.72. The topological polar surface area (TPSA) is 21.3 Å². The van der Waals surface area contributed by atoms with E-state index in [9.17, 15) is 4.39 Å². The van der Waals surface area contributed by atoms with Crippen molar-refractivity contribution in [1.29, 1.82) is 0 Å². The first-order valence-corrected chi connectivity index (χ1v) is 7.60. The highest BCUT2D eigenvalue weighted by atomic mass is 35.5. The molecule has 1 N–H and O–H groups in total. The van der Waals surface area contributed by atoms with Crippen molar-refractivity contribution in [3.8, 4) is 0 Å². The predicted octanol–water partition coefficient (Wildman–Crippen LogP) is 4.60. The Labute approximate surface area is 129 Å². The predicted molar refractivity (Wildman–Crippen MR) is 81.0 cm³/mol. The molecule has 0 aromatic heterocycles. The summed E-state index contributed by atoms with van der Waals surface area (Å²) >= 11 is 12.2. The van der Waals surface area contributed by atoms with Crippen molar-refractivity contribution >= 4 is 23.2 Å². The molecule has 2 rings (SSSR count). The van der Waals surface area contributed by atoms with Crippen LogP contribution in [0.15, 0.2) is 12.1 Å². The molecular weight excluding hydrogens is 300 g/mol. The molecule has 0 aliphatic heterocycles. The highest BCUT2D eigenvalue weighted by Crippen LogP contribution is 2.48. The summed E-state index contributed by atoms with van der Waals surface area (Å²) in [5, 5.41) is 4.04. The van der Waals surface area contributed by atoms with Gasteiger partial charge in [0.2, 0.25) is 0 Å². The van der Waals surface area contributed by atoms with Gasteiger partial charge in [-0.15, -0.1) is 0 Å². The highest BCUT2D eigenvalue weighted by Gasteiger charge is 2.41. The minimum Gasteiger partial charge on any atom is -0.385 e. The van der Waals surface area contributed by atoms with E-state index in [4.69, 9.17) is 27.9 Å². The molecule has 1 aliphatic rings. The van der Waals surface area contributed by atoms with E-state index in [1.54, 1.807) is 13.2 Å². The molecule has 0 amide bonds. The second-order valence-corrected chi connectivity index (χ2v) is 6.39. The van der Waals surface area contributed by atoms with Crippen LogP contribution in [0, 0.1) is 11.2 Å². The number of hydrogen-bond donors (Lipinski definition) is 1. The van der Waals surface area contributed by atoms with Gasteiger partial charge in [-0.2, -0.15) is 0 Å². The minimum atomic E-state index is -0.430. The third-order valence-corrected chi connectivity index (χ3v) is 4.80. The number of ether oxygens (including phenoxy) is 1. The van der Waals surface area contributed by atoms with Crippen LogP contribution < -0.4 is 5.32 Å². The summed E-state index contributed by atoms with van der Waals surface area (Å²) in [6, 6.07) is 2.77. The van der Waals surface area contributed by atoms with E-state index in [2.05, 4.69) is 5.32 Å². The molecular formula is C15H20Cl2FNO. The molecule has 5 heteroatoms. The van der Waals surface area contributed by atoms with Crippen molar-refractivity contribution in [2.24, 2.45) is 5.41 Å². The third kappa shape index (κ3) is 3.64. The highest BCUT2D eigenvalue weighted by molar-refractivity contribution is 6.36. The summed E-state index contributed by atoms with van der Waals surface area (Å²) in [5.74, 6) is -0.430. The fraction of sp³-hybridized carbons (Fsp3) is 0.600. The van der Waals surface area contributed by atoms with Gasteiger partial charge in [0.1, 0.15) is 5.82 Å². The zero-order chi connectivity index (χ0) is 14.8. The Kier molecular flexibility index (Phi) is 5.30. The first kappa shape index (κ1) is 16.0. The van der Waals surface area contributed by atoms with E-state index in [1.807, 2.05) is 6.92 Å². The maximum atomic E-state index is 13.5. The molecule has 1 fully saturated rings. The monoisotopic (exact) mass is 319 g/mol. The molecule has 1 aromatic carbocycles. The summed E-state index contributed by atoms with van der Waals surface area (Å²) in [6.07, 6.45) is 3.47. The average Bonchev–Trinajstić information content (AvgIpc) is 3.19. The lowest BCUT2D eigenvalue weighted by atomic mass is 10.0. The largest absolute Gasteiger partial charge is 0.385 e. The molecule has 0 saturated heterocycles. The van der Waals surface area contributed by atoms with Crippen LogP contribution in [-0.2, 0) is 4.74 Å². The van der Waals surface area contributed by atoms with Gasteiger partial charge >= 0.3 is 0 Å². The quantitative estimate of drug-likeness (QED) is 0.741. The molecule has 0 heterocycles. The van der Waals surface area contributed by atoms with Gasteiger partial charge < -0.3 is 10.1 Å². The van der Waals surface area contributed by atoms with Gasteiger partial charge in [-0.05, 0) is 43.7 Å². The van der Waals surface area contributed by atoms with Gasteiger partial charge in [0.15, 0.2) is 0 Å². The molecule has 1 atom stereocenters. The van der Waals surface area contributed by atoms with Crippen LogP contribution in [0.1, 0.15) is 37.8 Å². The summed E-state index contributed by atoms with van der Waals surface area (Å²) in [4.78, 5) is 0. The van der Waals surface area contributed by atoms with Crippen LogP contribution in [0.5, 0.6) is 0 Å². The Balaban J connectivity index is 1.99. The lowest BCUT2D eigenvalue weighted by Gasteiger charge is -2.22. The van der Waals surface area contributed by atoms with Crippen molar-refractivity contribution in [1.82, 2.24) is 5.32 Å². The van der Waals surface area contributed by atoms with E-state index in [0.29, 0.717) is 16.0 Å². The lowest BCUT2D eigenvalue weighted by Crippen LogP contribution is -2.28. The first-order valence-electron chi connectivity index (χ1n) is 6.85. The number of nitrogens with one attached hydrogen (secondary N) is 1. The van der Waals surface area contributed by atoms with Crippen LogP contribution in [-0.4, -0.2) is 20.3 Å². The zero-order valence-corrected chi connectivity index (χ0v) is 13.3. The molecule has 0 spiro atoms. The number of halogens is 3. The Morgan fingerprint density at radius 2 is 2.10 bits per heavy atom. The number of rotatable bonds is 7. The maximum Gasteiger partial charge on any atom is 0.142 e. The fourth-order valence-corrected chi connectivity index (χ4v) is 3.12. The number of benzene rings is 1. The average molecular weight is 320 g/mol. The van der Waals surface area contributed by atoms with Crippen molar-refractivity contribution in [2.45, 2.75) is 32.2 Å². The van der Waals surface area contributed by atoms with Gasteiger partial charge in [-0.1, -0.05) is 23.2 Å². The minimum absolute atomic E-state index is 0.0780. The second kappa shape index (κ2) is 6.61. The molecule has 1 aromatic rings. The molecule has 0 radical (unpaired) electrons. The normalized spacial score (nSPS) is 18.1. The van der Waals surface area contributed by atoms with Crippen LogP contribution in [0.3, 0.4) is 0 Å². The van der Waals surface area contributed by atoms with E-state index in [0.717, 1.165) is 19.6 Å². The molecule has 1 aliphatic carbocycles. The Morgan fingerprint density at radius 3 is 2.70 bits per heavy atom. The summed E-state index contributed by atoms with van der Waals surface area (Å²) < 4.78 is 18.7. The van der Waals surface area contributed by atoms with Crippen molar-refractivity contribution in [3.63, 3.8) is 0 Å². The van der Waals surface area contributed by atoms with Crippen LogP contribution in [0.2, 0.25) is 10.0 Å². The standard InChI is InChI=1S/C15H20Cl2FNO/c1-10(13-11(16)3-4-12(18)14(13)17)19-9-15(5-6-15)7-8-20-2/h3-4,10,19H,5-9H2,1-2H3. The van der Waals surface area contributed by atoms with Gasteiger partial charge in [0.25, 0.3) is 0 Å². The maximum absolute atomic E-state index is 13.5. The van der Waals surface area contributed by atoms with Crippen LogP contribution in [0.25, 0.3) is 0 Å². The molecule has 1 saturated carbocycles. The Morgan fingerprint density at radius 1 is 1.40 bits per heavy atom. The van der Waals surface area contributed by atoms with Gasteiger partial charge in [0, 0.05) is 36.9 Å². The summed E-state index contributed by atoms with van der Waals surface area (Å²) in [5.41, 5.74) is 0.965. The SMILES string of the molecule is COCCC1(CNC(C)c2c(Cl)ccc(F)c2Cl)CC1. The molecule has 112 valence electrons. The van der Waals surface area contributed by atoms with Crippen molar-refractivity contribution < 1.29 is 9.13 Å². The van der Waals surface area contributed by atoms with E-state index in [-0.39, 0.29) is 11.1 Å². The van der Waals surface area contributed by atoms with Crippen molar-refractivity contribution in [2.75, 3.05) is 20.3 Å². The Hall–Kier alpha value is -0.350. The van der Waals surface area contributed by atoms with E-state index in [1.165, 1.54) is 18.9 Å². The molecule has 1 unspecified atom stereocenters. The van der Waals surface area contributed by atoms with Gasteiger partial charge in [-0.25, -0.2) is 4.39 Å². The summed E-state index contributed by atoms with van der Waals surface area (Å²) in [6.45, 7) is 3.61. The lowest BCUT2D eigenvalue weighted by molar-refractivity contribution is 0.170. The smallest absolute Gasteiger partial charge is 0.142 e. The third-order valence-electron chi connectivity index (χ3n) is 4.09.